The maximum absolute atomic E-state index is 11.0. The van der Waals surface area contributed by atoms with Crippen LogP contribution in [0, 0.1) is 0 Å². The lowest BCUT2D eigenvalue weighted by Gasteiger charge is -1.72. The van der Waals surface area contributed by atoms with E-state index >= 15 is 0 Å². The van der Waals surface area contributed by atoms with E-state index in [1.807, 2.05) is 0 Å². The van der Waals surface area contributed by atoms with Crippen LogP contribution in [-0.4, -0.2) is 7.56 Å². The third-order valence-electron chi connectivity index (χ3n) is 0.228. The maximum Gasteiger partial charge on any atom is 0.359 e. The quantitative estimate of drug-likeness (QED) is 0.402. The smallest absolute Gasteiger partial charge is 0.335 e. The molecule has 28 valence electrons. The molecule has 0 aliphatic rings. The van der Waals surface area contributed by atoms with Crippen molar-refractivity contribution in [2.75, 3.05) is 0 Å². The van der Waals surface area contributed by atoms with Gasteiger partial charge in [0.25, 0.3) is 0 Å². The molecule has 0 spiro atoms. The number of hydrogen-bond acceptors (Lipinski definition) is 0. The Bertz CT molecular complexity index is 42.2. The highest BCUT2D eigenvalue weighted by molar-refractivity contribution is 6.36. The van der Waals surface area contributed by atoms with Gasteiger partial charge in [-0.05, 0) is 6.92 Å². The molecule has 0 saturated carbocycles. The van der Waals surface area contributed by atoms with Crippen LogP contribution in [0.25, 0.3) is 0 Å². The highest BCUT2D eigenvalue weighted by Gasteiger charge is 1.78. The predicted octanol–water partition coefficient (Wildman–Crippen LogP) is 0.841. The van der Waals surface area contributed by atoms with E-state index in [9.17, 15) is 4.32 Å². The van der Waals surface area contributed by atoms with Crippen molar-refractivity contribution in [3.63, 3.8) is 0 Å². The van der Waals surface area contributed by atoms with Crippen molar-refractivity contribution in [1.82, 2.24) is 0 Å². The summed E-state index contributed by atoms with van der Waals surface area (Å²) in [4.78, 5) is 0. The maximum atomic E-state index is 11.0. The number of hydrogen-bond donors (Lipinski definition) is 0. The normalized spacial score (nSPS) is 6.80. The lowest BCUT2D eigenvalue weighted by Crippen LogP contribution is -1.74. The summed E-state index contributed by atoms with van der Waals surface area (Å²) in [6, 6.07) is 0. The van der Waals surface area contributed by atoms with E-state index in [0.29, 0.717) is 5.47 Å². The van der Waals surface area contributed by atoms with Crippen molar-refractivity contribution in [1.29, 1.82) is 0 Å². The molecule has 2 heteroatoms. The Morgan fingerprint density at radius 1 is 2.00 bits per heavy atom. The molecule has 0 unspecified atom stereocenters. The molecular weight excluding hydrogens is 65.8 g/mol. The molecule has 0 amide bonds. The monoisotopic (exact) mass is 72.1 g/mol. The van der Waals surface area contributed by atoms with Gasteiger partial charge in [0, 0.05) is 0 Å². The minimum absolute atomic E-state index is 0.389. The van der Waals surface area contributed by atoms with Gasteiger partial charge in [-0.1, -0.05) is 5.47 Å². The van der Waals surface area contributed by atoms with Crippen molar-refractivity contribution < 1.29 is 4.32 Å². The summed E-state index contributed by atoms with van der Waals surface area (Å²) < 4.78 is 11.0. The largest absolute Gasteiger partial charge is 0.359 e. The molecule has 0 atom stereocenters. The SMILES string of the molecule is C=C(C)BF. The highest BCUT2D eigenvalue weighted by Crippen LogP contribution is 1.78. The number of halogens is 1. The zero-order valence-corrected chi connectivity index (χ0v) is 3.29. The van der Waals surface area contributed by atoms with Gasteiger partial charge in [-0.3, -0.25) is 0 Å². The number of rotatable bonds is 1. The summed E-state index contributed by atoms with van der Waals surface area (Å²) in [6.45, 7) is 4.95. The molecule has 0 aliphatic heterocycles. The molecule has 0 radical (unpaired) electrons. The summed E-state index contributed by atoms with van der Waals surface area (Å²) in [5, 5.41) is 0. The zero-order valence-electron chi connectivity index (χ0n) is 3.29. The van der Waals surface area contributed by atoms with Gasteiger partial charge in [-0.25, -0.2) is 0 Å². The van der Waals surface area contributed by atoms with Crippen molar-refractivity contribution in [3.05, 3.63) is 12.1 Å². The average molecular weight is 71.9 g/mol. The summed E-state index contributed by atoms with van der Waals surface area (Å²) in [7, 11) is -0.389. The molecule has 0 aliphatic carbocycles. The van der Waals surface area contributed by atoms with Crippen LogP contribution in [0.2, 0.25) is 0 Å². The summed E-state index contributed by atoms with van der Waals surface area (Å²) in [6.07, 6.45) is 0. The van der Waals surface area contributed by atoms with Crippen LogP contribution in [0.5, 0.6) is 0 Å². The first-order valence-electron chi connectivity index (χ1n) is 1.47. The van der Waals surface area contributed by atoms with Gasteiger partial charge in [0.05, 0.1) is 0 Å². The Labute approximate surface area is 32.0 Å². The molecule has 0 N–H and O–H groups in total. The summed E-state index contributed by atoms with van der Waals surface area (Å²) in [5.74, 6) is 0. The van der Waals surface area contributed by atoms with Crippen LogP contribution < -0.4 is 0 Å². The van der Waals surface area contributed by atoms with Crippen molar-refractivity contribution in [2.45, 2.75) is 6.92 Å². The third kappa shape index (κ3) is 3.73. The van der Waals surface area contributed by atoms with Crippen molar-refractivity contribution in [2.24, 2.45) is 0 Å². The second-order valence-corrected chi connectivity index (χ2v) is 1.09. The first-order chi connectivity index (χ1) is 2.27. The Morgan fingerprint density at radius 3 is 2.20 bits per heavy atom. The highest BCUT2D eigenvalue weighted by atomic mass is 19.1. The zero-order chi connectivity index (χ0) is 4.28. The standard InChI is InChI=1S/C3H6BF/c1-3(2)4-5/h4H,1H2,2H3. The fourth-order valence-electron chi connectivity index (χ4n) is 0. The molecule has 0 nitrogen and oxygen atoms in total. The summed E-state index contributed by atoms with van der Waals surface area (Å²) in [5.41, 5.74) is 0.588. The van der Waals surface area contributed by atoms with Crippen molar-refractivity contribution in [3.8, 4) is 0 Å². The lowest BCUT2D eigenvalue weighted by molar-refractivity contribution is 0.877. The van der Waals surface area contributed by atoms with Gasteiger partial charge >= 0.3 is 7.56 Å². The van der Waals surface area contributed by atoms with Gasteiger partial charge in [-0.15, -0.1) is 6.58 Å². The Balaban J connectivity index is 2.85. The summed E-state index contributed by atoms with van der Waals surface area (Å²) >= 11 is 0. The molecule has 0 heterocycles. The fourth-order valence-corrected chi connectivity index (χ4v) is 0. The first-order valence-corrected chi connectivity index (χ1v) is 1.47. The molecule has 0 aromatic carbocycles. The van der Waals surface area contributed by atoms with Crippen LogP contribution in [-0.2, 0) is 0 Å². The van der Waals surface area contributed by atoms with Crippen molar-refractivity contribution >= 4 is 7.56 Å². The van der Waals surface area contributed by atoms with Crippen LogP contribution in [0.4, 0.5) is 4.32 Å². The molecule has 0 rings (SSSR count). The second kappa shape index (κ2) is 2.00. The van der Waals surface area contributed by atoms with Crippen LogP contribution >= 0.6 is 0 Å². The van der Waals surface area contributed by atoms with E-state index in [2.05, 4.69) is 6.58 Å². The van der Waals surface area contributed by atoms with E-state index in [4.69, 9.17) is 0 Å². The van der Waals surface area contributed by atoms with E-state index in [1.54, 1.807) is 6.92 Å². The van der Waals surface area contributed by atoms with Gasteiger partial charge in [0.1, 0.15) is 0 Å². The predicted molar refractivity (Wildman–Crippen MR) is 23.1 cm³/mol. The molecule has 0 saturated heterocycles. The molecule has 0 fully saturated rings. The molecule has 5 heavy (non-hydrogen) atoms. The third-order valence-corrected chi connectivity index (χ3v) is 0.228. The number of allylic oxidation sites excluding steroid dienone is 1. The minimum atomic E-state index is -0.389. The van der Waals surface area contributed by atoms with E-state index in [1.165, 1.54) is 0 Å². The minimum Gasteiger partial charge on any atom is -0.335 e. The van der Waals surface area contributed by atoms with Gasteiger partial charge < -0.3 is 4.32 Å². The first kappa shape index (κ1) is 4.73. The van der Waals surface area contributed by atoms with Crippen LogP contribution in [0.1, 0.15) is 6.92 Å². The van der Waals surface area contributed by atoms with Gasteiger partial charge in [0.15, 0.2) is 0 Å². The van der Waals surface area contributed by atoms with Crippen LogP contribution in [0.15, 0.2) is 12.1 Å². The fraction of sp³-hybridized carbons (Fsp3) is 0.333. The van der Waals surface area contributed by atoms with E-state index < -0.39 is 0 Å². The molecular formula is C3H6BF. The second-order valence-electron chi connectivity index (χ2n) is 1.09. The van der Waals surface area contributed by atoms with E-state index in [0.717, 1.165) is 0 Å². The van der Waals surface area contributed by atoms with Gasteiger partial charge in [-0.2, -0.15) is 0 Å². The average Bonchev–Trinajstić information content (AvgIpc) is 1.38. The van der Waals surface area contributed by atoms with Gasteiger partial charge in [0.2, 0.25) is 0 Å². The van der Waals surface area contributed by atoms with Crippen LogP contribution in [0.3, 0.4) is 0 Å². The molecule has 0 bridgehead atoms. The Kier molecular flexibility index (Phi) is 1.90. The Morgan fingerprint density at radius 2 is 2.20 bits per heavy atom. The molecule has 0 aromatic rings. The van der Waals surface area contributed by atoms with E-state index in [-0.39, 0.29) is 7.56 Å². The lowest BCUT2D eigenvalue weighted by atomic mass is 9.95. The Hall–Kier alpha value is -0.265. The topological polar surface area (TPSA) is 0 Å². The molecule has 0 aromatic heterocycles.